The topological polar surface area (TPSA) is 136 Å². The Morgan fingerprint density at radius 1 is 1.20 bits per heavy atom. The van der Waals surface area contributed by atoms with E-state index in [1.54, 1.807) is 28.7 Å². The molecule has 1 atom stereocenters. The average molecular weight is 626 g/mol. The number of esters is 1. The molecule has 0 radical (unpaired) electrons. The molecule has 1 saturated carbocycles. The predicted molar refractivity (Wildman–Crippen MR) is 156 cm³/mol. The van der Waals surface area contributed by atoms with Crippen molar-refractivity contribution < 1.29 is 32.5 Å². The summed E-state index contributed by atoms with van der Waals surface area (Å²) >= 11 is 1.23. The maximum atomic E-state index is 14.8. The number of ether oxygens (including phenoxy) is 2. The van der Waals surface area contributed by atoms with Crippen molar-refractivity contribution in [3.05, 3.63) is 65.0 Å². The number of hydrazone groups is 1. The summed E-state index contributed by atoms with van der Waals surface area (Å²) in [6.07, 6.45) is 9.71. The van der Waals surface area contributed by atoms with Crippen LogP contribution in [-0.4, -0.2) is 73.0 Å². The van der Waals surface area contributed by atoms with Gasteiger partial charge in [0.05, 0.1) is 12.3 Å². The summed E-state index contributed by atoms with van der Waals surface area (Å²) in [5, 5.41) is 16.7. The van der Waals surface area contributed by atoms with Crippen LogP contribution in [0.4, 0.5) is 8.78 Å². The maximum Gasteiger partial charge on any atom is 0.324 e. The van der Waals surface area contributed by atoms with Crippen molar-refractivity contribution in [2.45, 2.75) is 64.3 Å². The molecule has 5 heterocycles. The number of nitrogens with zero attached hydrogens (tertiary/aromatic N) is 6. The monoisotopic (exact) mass is 625 g/mol. The number of hydrogen-bond donors (Lipinski definition) is 2. The number of aromatic nitrogens is 4. The molecule has 0 bridgehead atoms. The van der Waals surface area contributed by atoms with Gasteiger partial charge in [-0.25, -0.2) is 19.0 Å². The van der Waals surface area contributed by atoms with E-state index in [0.717, 1.165) is 50.1 Å². The van der Waals surface area contributed by atoms with Crippen LogP contribution in [0.1, 0.15) is 61.6 Å². The van der Waals surface area contributed by atoms with Crippen molar-refractivity contribution in [2.24, 2.45) is 5.10 Å². The lowest BCUT2D eigenvalue weighted by Crippen LogP contribution is -2.32. The van der Waals surface area contributed by atoms with E-state index in [1.807, 2.05) is 6.92 Å². The number of carbonyl (C=O) groups excluding carboxylic acids is 2. The zero-order valence-corrected chi connectivity index (χ0v) is 24.8. The van der Waals surface area contributed by atoms with Crippen molar-refractivity contribution in [3.63, 3.8) is 0 Å². The predicted octanol–water partition coefficient (Wildman–Crippen LogP) is 3.35. The normalized spacial score (nSPS) is 20.1. The second-order valence-electron chi connectivity index (χ2n) is 10.5. The van der Waals surface area contributed by atoms with Gasteiger partial charge in [-0.3, -0.25) is 9.59 Å². The van der Waals surface area contributed by atoms with Gasteiger partial charge in [0, 0.05) is 41.7 Å². The van der Waals surface area contributed by atoms with Crippen molar-refractivity contribution in [1.82, 2.24) is 30.4 Å². The average Bonchev–Trinajstić information content (AvgIpc) is 3.84. The lowest BCUT2D eigenvalue weighted by atomic mass is 9.95. The Kier molecular flexibility index (Phi) is 8.95. The summed E-state index contributed by atoms with van der Waals surface area (Å²) in [4.78, 5) is 33.6. The Labute approximate surface area is 255 Å². The fourth-order valence-corrected chi connectivity index (χ4v) is 6.08. The molecule has 12 nitrogen and oxygen atoms in total. The molecule has 2 N–H and O–H groups in total. The van der Waals surface area contributed by atoms with Crippen LogP contribution in [0, 0.1) is 11.8 Å². The van der Waals surface area contributed by atoms with Gasteiger partial charge >= 0.3 is 5.97 Å². The Morgan fingerprint density at radius 3 is 2.82 bits per heavy atom. The maximum absolute atomic E-state index is 14.8. The minimum atomic E-state index is -0.868. The van der Waals surface area contributed by atoms with Crippen LogP contribution in [0.3, 0.4) is 0 Å². The van der Waals surface area contributed by atoms with Crippen LogP contribution in [-0.2, 0) is 21.0 Å². The van der Waals surface area contributed by atoms with Crippen LogP contribution < -0.4 is 10.6 Å². The van der Waals surface area contributed by atoms with Crippen molar-refractivity contribution >= 4 is 34.6 Å². The smallest absolute Gasteiger partial charge is 0.324 e. The van der Waals surface area contributed by atoms with Gasteiger partial charge in [0.15, 0.2) is 24.0 Å². The molecule has 1 aliphatic carbocycles. The van der Waals surface area contributed by atoms with E-state index in [2.05, 4.69) is 30.8 Å². The molecule has 3 aromatic rings. The number of halogens is 2. The molecular formula is C29H31F2N8O4S+. The third kappa shape index (κ3) is 6.64. The number of amides is 1. The third-order valence-electron chi connectivity index (χ3n) is 7.54. The zero-order chi connectivity index (χ0) is 30.6. The standard InChI is InChI=1S/C29H30F2N8O4S/c1-2-42-19-7-5-18(6-8-19)39-14-22(26(37-39)25-20(30)9-10-24(31)36-25)34-27(40)23-15-44-28(35-23)17-12-33-38(13-17)16-43-29(41)21-4-3-11-32-21/h9-10,12-15,19,21,32H,2-8,11,16H2,1H3/p+1/t19?,21-/m0/s1. The molecular weight excluding hydrogens is 594 g/mol. The summed E-state index contributed by atoms with van der Waals surface area (Å²) in [5.74, 6) is -2.51. The van der Waals surface area contributed by atoms with Crippen LogP contribution in [0.2, 0.25) is 0 Å². The molecule has 0 aromatic carbocycles. The van der Waals surface area contributed by atoms with Gasteiger partial charge in [-0.05, 0) is 51.3 Å². The van der Waals surface area contributed by atoms with Gasteiger partial charge < -0.3 is 20.1 Å². The van der Waals surface area contributed by atoms with Crippen molar-refractivity contribution in [2.75, 3.05) is 13.2 Å². The second-order valence-corrected chi connectivity index (χ2v) is 11.4. The summed E-state index contributed by atoms with van der Waals surface area (Å²) < 4.78 is 43.0. The van der Waals surface area contributed by atoms with E-state index >= 15 is 0 Å². The second kappa shape index (κ2) is 13.2. The van der Waals surface area contributed by atoms with Gasteiger partial charge in [-0.15, -0.1) is 11.3 Å². The Balaban J connectivity index is 1.17. The fourth-order valence-electron chi connectivity index (χ4n) is 5.30. The van der Waals surface area contributed by atoms with Crippen LogP contribution in [0.15, 0.2) is 46.9 Å². The van der Waals surface area contributed by atoms with Gasteiger partial charge in [0.1, 0.15) is 28.1 Å². The van der Waals surface area contributed by atoms with Gasteiger partial charge in [-0.1, -0.05) is 4.68 Å². The summed E-state index contributed by atoms with van der Waals surface area (Å²) in [7, 11) is 0. The van der Waals surface area contributed by atoms with Crippen molar-refractivity contribution in [1.29, 1.82) is 0 Å². The molecule has 3 aromatic heterocycles. The van der Waals surface area contributed by atoms with E-state index in [1.165, 1.54) is 16.0 Å². The number of pyridine rings is 1. The van der Waals surface area contributed by atoms with Crippen molar-refractivity contribution in [3.8, 4) is 10.6 Å². The number of hydrogen-bond acceptors (Lipinski definition) is 10. The van der Waals surface area contributed by atoms with Crippen LogP contribution in [0.5, 0.6) is 0 Å². The highest BCUT2D eigenvalue weighted by Gasteiger charge is 2.34. The molecule has 2 fully saturated rings. The molecule has 6 rings (SSSR count). The van der Waals surface area contributed by atoms with E-state index in [0.29, 0.717) is 30.0 Å². The first-order valence-electron chi connectivity index (χ1n) is 14.5. The molecule has 2 aliphatic heterocycles. The summed E-state index contributed by atoms with van der Waals surface area (Å²) in [6, 6.07) is 1.61. The van der Waals surface area contributed by atoms with Crippen LogP contribution in [0.25, 0.3) is 10.6 Å². The van der Waals surface area contributed by atoms with E-state index in [-0.39, 0.29) is 47.6 Å². The Bertz CT molecular complexity index is 1650. The summed E-state index contributed by atoms with van der Waals surface area (Å²) in [6.45, 7) is 3.35. The van der Waals surface area contributed by atoms with Gasteiger partial charge in [-0.2, -0.15) is 9.49 Å². The number of nitrogens with one attached hydrogen (secondary N) is 2. The molecule has 0 spiro atoms. The lowest BCUT2D eigenvalue weighted by Gasteiger charge is -2.20. The molecule has 230 valence electrons. The number of thiazole rings is 1. The highest BCUT2D eigenvalue weighted by atomic mass is 32.1. The molecule has 1 saturated heterocycles. The molecule has 0 unspecified atom stereocenters. The Morgan fingerprint density at radius 2 is 2.05 bits per heavy atom. The SMILES string of the molecule is CCOC1CCC(=[N+]2C=C(NC(=O)c3csc(-c4cnn(COC(=O)[C@@H]5CCCN5)c4)n3)C(c3nc(F)ccc3F)=N2)CC1. The quantitative estimate of drug-likeness (QED) is 0.210. The van der Waals surface area contributed by atoms with E-state index in [4.69, 9.17) is 9.47 Å². The van der Waals surface area contributed by atoms with Gasteiger partial charge in [0.2, 0.25) is 12.1 Å². The van der Waals surface area contributed by atoms with E-state index in [9.17, 15) is 18.4 Å². The fraction of sp³-hybridized carbons (Fsp3) is 0.414. The van der Waals surface area contributed by atoms with Gasteiger partial charge in [0.25, 0.3) is 5.91 Å². The van der Waals surface area contributed by atoms with Crippen LogP contribution >= 0.6 is 11.3 Å². The lowest BCUT2D eigenvalue weighted by molar-refractivity contribution is -0.461. The molecule has 3 aliphatic rings. The first-order valence-corrected chi connectivity index (χ1v) is 15.3. The minimum absolute atomic E-state index is 0.00821. The molecule has 15 heteroatoms. The highest BCUT2D eigenvalue weighted by Crippen LogP contribution is 2.25. The number of carbonyl (C=O) groups is 2. The number of rotatable bonds is 9. The molecule has 44 heavy (non-hydrogen) atoms. The first-order chi connectivity index (χ1) is 21.4. The molecule has 1 amide bonds. The van der Waals surface area contributed by atoms with E-state index < -0.39 is 17.7 Å². The zero-order valence-electron chi connectivity index (χ0n) is 24.0. The largest absolute Gasteiger partial charge is 0.441 e. The summed E-state index contributed by atoms with van der Waals surface area (Å²) in [5.41, 5.74) is 1.60. The first kappa shape index (κ1) is 29.8. The number of allylic oxidation sites excluding steroid dienone is 1. The Hall–Kier alpha value is -4.21. The highest BCUT2D eigenvalue weighted by molar-refractivity contribution is 7.13. The third-order valence-corrected chi connectivity index (χ3v) is 8.43. The minimum Gasteiger partial charge on any atom is -0.441 e.